The normalized spacial score (nSPS) is 12.7. The van der Waals surface area contributed by atoms with Crippen molar-refractivity contribution in [2.75, 3.05) is 13.6 Å². The topological polar surface area (TPSA) is 78.9 Å². The van der Waals surface area contributed by atoms with Crippen molar-refractivity contribution < 1.29 is 23.8 Å². The summed E-state index contributed by atoms with van der Waals surface area (Å²) in [5, 5.41) is 11.8. The number of amides is 2. The fourth-order valence-corrected chi connectivity index (χ4v) is 2.55. The van der Waals surface area contributed by atoms with Crippen molar-refractivity contribution in [3.63, 3.8) is 0 Å². The van der Waals surface area contributed by atoms with Gasteiger partial charge in [-0.15, -0.1) is 0 Å². The highest BCUT2D eigenvalue weighted by molar-refractivity contribution is 5.76. The third-order valence-electron chi connectivity index (χ3n) is 4.35. The summed E-state index contributed by atoms with van der Waals surface area (Å²) in [5.74, 6) is -1.20. The Kier molecular flexibility index (Phi) is 7.37. The second kappa shape index (κ2) is 9.73. The number of urea groups is 1. The van der Waals surface area contributed by atoms with Gasteiger partial charge in [-0.1, -0.05) is 31.2 Å². The molecule has 0 saturated heterocycles. The van der Waals surface area contributed by atoms with Crippen LogP contribution in [0.25, 0.3) is 0 Å². The Morgan fingerprint density at radius 3 is 2.29 bits per heavy atom. The second-order valence-electron chi connectivity index (χ2n) is 6.78. The van der Waals surface area contributed by atoms with E-state index in [0.717, 1.165) is 11.1 Å². The molecule has 0 aromatic heterocycles. The van der Waals surface area contributed by atoms with Gasteiger partial charge in [0.1, 0.15) is 18.2 Å². The summed E-state index contributed by atoms with van der Waals surface area (Å²) in [6.07, 6.45) is 0. The highest BCUT2D eigenvalue weighted by atomic mass is 19.1. The lowest BCUT2D eigenvalue weighted by Gasteiger charge is -2.23. The van der Waals surface area contributed by atoms with Crippen LogP contribution in [0.2, 0.25) is 0 Å². The van der Waals surface area contributed by atoms with Crippen LogP contribution >= 0.6 is 0 Å². The van der Waals surface area contributed by atoms with E-state index in [0.29, 0.717) is 12.4 Å². The molecule has 2 amide bonds. The van der Waals surface area contributed by atoms with Gasteiger partial charge in [0.15, 0.2) is 0 Å². The van der Waals surface area contributed by atoms with Crippen LogP contribution in [0.15, 0.2) is 48.5 Å². The van der Waals surface area contributed by atoms with Gasteiger partial charge in [0.2, 0.25) is 0 Å². The third kappa shape index (κ3) is 6.26. The summed E-state index contributed by atoms with van der Waals surface area (Å²) in [6, 6.07) is 12.8. The molecule has 7 heteroatoms. The highest BCUT2D eigenvalue weighted by Crippen LogP contribution is 2.19. The number of carbonyl (C=O) groups excluding carboxylic acids is 1. The minimum absolute atomic E-state index is 0.129. The van der Waals surface area contributed by atoms with Gasteiger partial charge >= 0.3 is 12.0 Å². The van der Waals surface area contributed by atoms with Crippen molar-refractivity contribution in [3.8, 4) is 5.75 Å². The van der Waals surface area contributed by atoms with Crippen molar-refractivity contribution in [2.45, 2.75) is 26.5 Å². The Morgan fingerprint density at radius 2 is 1.71 bits per heavy atom. The van der Waals surface area contributed by atoms with Gasteiger partial charge in [-0.3, -0.25) is 4.79 Å². The zero-order chi connectivity index (χ0) is 20.7. The maximum atomic E-state index is 12.9. The first-order chi connectivity index (χ1) is 13.3. The standard InChI is InChI=1S/C21H25FN2O4/c1-14(20(25)26)12-24(3)21(27)23-15(2)17-6-10-19(11-7-17)28-13-16-4-8-18(22)9-5-16/h4-11,14-15H,12-13H2,1-3H3,(H,23,27)(H,25,26). The van der Waals surface area contributed by atoms with Crippen LogP contribution in [0.5, 0.6) is 5.75 Å². The van der Waals surface area contributed by atoms with Crippen molar-refractivity contribution in [2.24, 2.45) is 5.92 Å². The smallest absolute Gasteiger partial charge is 0.317 e. The van der Waals surface area contributed by atoms with E-state index in [9.17, 15) is 14.0 Å². The molecule has 150 valence electrons. The van der Waals surface area contributed by atoms with Crippen LogP contribution in [-0.4, -0.2) is 35.6 Å². The number of carboxylic acids is 1. The number of carbonyl (C=O) groups is 2. The molecule has 0 aliphatic rings. The lowest BCUT2D eigenvalue weighted by atomic mass is 10.1. The maximum absolute atomic E-state index is 12.9. The monoisotopic (exact) mass is 388 g/mol. The van der Waals surface area contributed by atoms with E-state index in [1.54, 1.807) is 38.2 Å². The quantitative estimate of drug-likeness (QED) is 0.720. The Bertz CT molecular complexity index is 793. The number of hydrogen-bond donors (Lipinski definition) is 2. The number of carboxylic acid groups (broad SMARTS) is 1. The number of halogens is 1. The average molecular weight is 388 g/mol. The predicted octanol–water partition coefficient (Wildman–Crippen LogP) is 3.83. The molecule has 2 N–H and O–H groups in total. The van der Waals surface area contributed by atoms with Crippen molar-refractivity contribution in [3.05, 3.63) is 65.5 Å². The Labute approximate surface area is 163 Å². The molecule has 0 fully saturated rings. The second-order valence-corrected chi connectivity index (χ2v) is 6.78. The molecule has 0 aliphatic carbocycles. The van der Waals surface area contributed by atoms with Crippen LogP contribution in [-0.2, 0) is 11.4 Å². The van der Waals surface area contributed by atoms with Gasteiger partial charge in [-0.25, -0.2) is 9.18 Å². The summed E-state index contributed by atoms with van der Waals surface area (Å²) in [7, 11) is 1.56. The SMILES string of the molecule is CC(CN(C)C(=O)NC(C)c1ccc(OCc2ccc(F)cc2)cc1)C(=O)O. The molecule has 2 aromatic rings. The number of benzene rings is 2. The van der Waals surface area contributed by atoms with Gasteiger partial charge in [0.25, 0.3) is 0 Å². The first kappa shape index (κ1) is 21.2. The van der Waals surface area contributed by atoms with Gasteiger partial charge < -0.3 is 20.1 Å². The largest absolute Gasteiger partial charge is 0.489 e. The highest BCUT2D eigenvalue weighted by Gasteiger charge is 2.19. The Hall–Kier alpha value is -3.09. The number of nitrogens with one attached hydrogen (secondary N) is 1. The average Bonchev–Trinajstić information content (AvgIpc) is 2.67. The van der Waals surface area contributed by atoms with Gasteiger partial charge in [0.05, 0.1) is 12.0 Å². The molecule has 28 heavy (non-hydrogen) atoms. The molecule has 0 saturated carbocycles. The van der Waals surface area contributed by atoms with E-state index in [1.165, 1.54) is 17.0 Å². The van der Waals surface area contributed by atoms with Crippen molar-refractivity contribution in [1.29, 1.82) is 0 Å². The molecule has 2 aromatic carbocycles. The number of nitrogens with zero attached hydrogens (tertiary/aromatic N) is 1. The number of ether oxygens (including phenoxy) is 1. The molecule has 2 atom stereocenters. The van der Waals surface area contributed by atoms with E-state index in [4.69, 9.17) is 9.84 Å². The first-order valence-corrected chi connectivity index (χ1v) is 8.98. The number of hydrogen-bond acceptors (Lipinski definition) is 3. The minimum Gasteiger partial charge on any atom is -0.489 e. The van der Waals surface area contributed by atoms with E-state index in [2.05, 4.69) is 5.32 Å². The third-order valence-corrected chi connectivity index (χ3v) is 4.35. The summed E-state index contributed by atoms with van der Waals surface area (Å²) in [4.78, 5) is 24.5. The van der Waals surface area contributed by atoms with Gasteiger partial charge in [-0.05, 0) is 42.3 Å². The summed E-state index contributed by atoms with van der Waals surface area (Å²) in [5.41, 5.74) is 1.76. The molecule has 0 radical (unpaired) electrons. The zero-order valence-electron chi connectivity index (χ0n) is 16.2. The van der Waals surface area contributed by atoms with Crippen LogP contribution < -0.4 is 10.1 Å². The predicted molar refractivity (Wildman–Crippen MR) is 104 cm³/mol. The maximum Gasteiger partial charge on any atom is 0.317 e. The van der Waals surface area contributed by atoms with Crippen LogP contribution in [0.3, 0.4) is 0 Å². The van der Waals surface area contributed by atoms with Crippen LogP contribution in [0, 0.1) is 11.7 Å². The number of aliphatic carboxylic acids is 1. The summed E-state index contributed by atoms with van der Waals surface area (Å²) < 4.78 is 18.6. The van der Waals surface area contributed by atoms with E-state index >= 15 is 0 Å². The molecule has 0 bridgehead atoms. The van der Waals surface area contributed by atoms with Gasteiger partial charge in [0, 0.05) is 13.6 Å². The Morgan fingerprint density at radius 1 is 1.11 bits per heavy atom. The lowest BCUT2D eigenvalue weighted by Crippen LogP contribution is -2.41. The molecule has 2 unspecified atom stereocenters. The first-order valence-electron chi connectivity index (χ1n) is 8.98. The van der Waals surface area contributed by atoms with E-state index in [-0.39, 0.29) is 24.4 Å². The molecule has 0 aliphatic heterocycles. The minimum atomic E-state index is -0.941. The number of rotatable bonds is 8. The van der Waals surface area contributed by atoms with Gasteiger partial charge in [-0.2, -0.15) is 0 Å². The van der Waals surface area contributed by atoms with Crippen LogP contribution in [0.4, 0.5) is 9.18 Å². The molecular formula is C21H25FN2O4. The molecule has 6 nitrogen and oxygen atoms in total. The van der Waals surface area contributed by atoms with Crippen molar-refractivity contribution >= 4 is 12.0 Å². The molecule has 0 spiro atoms. The lowest BCUT2D eigenvalue weighted by molar-refractivity contribution is -0.141. The van der Waals surface area contributed by atoms with Crippen molar-refractivity contribution in [1.82, 2.24) is 10.2 Å². The zero-order valence-corrected chi connectivity index (χ0v) is 16.2. The Balaban J connectivity index is 1.86. The molecular weight excluding hydrogens is 363 g/mol. The fraction of sp³-hybridized carbons (Fsp3) is 0.333. The summed E-state index contributed by atoms with van der Waals surface area (Å²) in [6.45, 7) is 3.86. The van der Waals surface area contributed by atoms with Crippen LogP contribution in [0.1, 0.15) is 31.0 Å². The fourth-order valence-electron chi connectivity index (χ4n) is 2.55. The van der Waals surface area contributed by atoms with E-state index < -0.39 is 11.9 Å². The molecule has 2 rings (SSSR count). The summed E-state index contributed by atoms with van der Waals surface area (Å²) >= 11 is 0. The molecule has 0 heterocycles. The van der Waals surface area contributed by atoms with E-state index in [1.807, 2.05) is 19.1 Å².